The van der Waals surface area contributed by atoms with Gasteiger partial charge in [-0.15, -0.1) is 0 Å². The van der Waals surface area contributed by atoms with Crippen molar-refractivity contribution in [3.63, 3.8) is 0 Å². The highest BCUT2D eigenvalue weighted by Crippen LogP contribution is 2.37. The van der Waals surface area contributed by atoms with E-state index < -0.39 is 10.0 Å². The van der Waals surface area contributed by atoms with Gasteiger partial charge < -0.3 is 4.74 Å². The molecule has 1 aromatic rings. The first-order chi connectivity index (χ1) is 10.5. The Morgan fingerprint density at radius 2 is 1.73 bits per heavy atom. The molecular weight excluding hydrogens is 298 g/mol. The van der Waals surface area contributed by atoms with Crippen molar-refractivity contribution in [3.05, 3.63) is 34.9 Å². The fourth-order valence-electron chi connectivity index (χ4n) is 3.01. The van der Waals surface area contributed by atoms with Gasteiger partial charge in [-0.25, -0.2) is 8.42 Å². The minimum absolute atomic E-state index is 0.371. The Kier molecular flexibility index (Phi) is 4.28. The molecule has 0 radical (unpaired) electrons. The first-order valence-corrected chi connectivity index (χ1v) is 9.39. The number of allylic oxidation sites excluding steroid dienone is 1. The first kappa shape index (κ1) is 15.6. The van der Waals surface area contributed by atoms with E-state index in [-0.39, 0.29) is 0 Å². The summed E-state index contributed by atoms with van der Waals surface area (Å²) in [6.07, 6.45) is 4.23. The van der Waals surface area contributed by atoms with Crippen LogP contribution < -0.4 is 4.74 Å². The van der Waals surface area contributed by atoms with Crippen molar-refractivity contribution in [1.82, 2.24) is 4.31 Å². The minimum atomic E-state index is -3.39. The summed E-state index contributed by atoms with van der Waals surface area (Å²) in [6.45, 7) is 5.59. The number of sulfonamides is 1. The Balaban J connectivity index is 1.78. The maximum absolute atomic E-state index is 12.8. The predicted octanol–water partition coefficient (Wildman–Crippen LogP) is 3.27. The van der Waals surface area contributed by atoms with Gasteiger partial charge >= 0.3 is 0 Å². The van der Waals surface area contributed by atoms with Crippen molar-refractivity contribution in [2.75, 3.05) is 19.7 Å². The highest BCUT2D eigenvalue weighted by Gasteiger charge is 2.29. The number of ether oxygens (including phenoxy) is 1. The zero-order valence-electron chi connectivity index (χ0n) is 13.3. The van der Waals surface area contributed by atoms with E-state index in [1.54, 1.807) is 28.1 Å². The molecule has 1 saturated carbocycles. The minimum Gasteiger partial charge on any atom is -0.494 e. The molecule has 1 aliphatic heterocycles. The fourth-order valence-corrected chi connectivity index (χ4v) is 4.54. The van der Waals surface area contributed by atoms with E-state index in [0.29, 0.717) is 24.6 Å². The molecule has 0 atom stereocenters. The molecule has 0 amide bonds. The van der Waals surface area contributed by atoms with E-state index in [4.69, 9.17) is 4.74 Å². The Bertz CT molecular complexity index is 691. The van der Waals surface area contributed by atoms with E-state index in [9.17, 15) is 8.42 Å². The molecular formula is C17H23NO3S. The van der Waals surface area contributed by atoms with Crippen LogP contribution in [0.5, 0.6) is 5.75 Å². The zero-order chi connectivity index (χ0) is 15.7. The largest absolute Gasteiger partial charge is 0.494 e. The van der Waals surface area contributed by atoms with Crippen molar-refractivity contribution < 1.29 is 13.2 Å². The summed E-state index contributed by atoms with van der Waals surface area (Å²) in [5.74, 6) is 0.751. The second kappa shape index (κ2) is 6.05. The quantitative estimate of drug-likeness (QED) is 0.800. The zero-order valence-corrected chi connectivity index (χ0v) is 14.1. The van der Waals surface area contributed by atoms with Gasteiger partial charge in [-0.3, -0.25) is 0 Å². The van der Waals surface area contributed by atoms with Crippen molar-refractivity contribution in [1.29, 1.82) is 0 Å². The monoisotopic (exact) mass is 321 g/mol. The highest BCUT2D eigenvalue weighted by atomic mass is 32.2. The smallest absolute Gasteiger partial charge is 0.243 e. The molecule has 3 rings (SSSR count). The van der Waals surface area contributed by atoms with Gasteiger partial charge in [0.1, 0.15) is 5.75 Å². The Labute approximate surface area is 132 Å². The Morgan fingerprint density at radius 1 is 1.09 bits per heavy atom. The van der Waals surface area contributed by atoms with E-state index >= 15 is 0 Å². The van der Waals surface area contributed by atoms with Crippen molar-refractivity contribution in [3.8, 4) is 5.75 Å². The van der Waals surface area contributed by atoms with Gasteiger partial charge in [-0.2, -0.15) is 4.31 Å². The second-order valence-corrected chi connectivity index (χ2v) is 7.91. The van der Waals surface area contributed by atoms with E-state index in [1.807, 2.05) is 13.8 Å². The number of piperidine rings is 1. The molecule has 0 bridgehead atoms. The fraction of sp³-hybridized carbons (Fsp3) is 0.529. The third-order valence-electron chi connectivity index (χ3n) is 4.41. The molecule has 2 fully saturated rings. The van der Waals surface area contributed by atoms with Crippen LogP contribution >= 0.6 is 0 Å². The highest BCUT2D eigenvalue weighted by molar-refractivity contribution is 7.89. The summed E-state index contributed by atoms with van der Waals surface area (Å²) in [7, 11) is -3.39. The third-order valence-corrected chi connectivity index (χ3v) is 6.30. The molecule has 4 nitrogen and oxygen atoms in total. The summed E-state index contributed by atoms with van der Waals surface area (Å²) in [4.78, 5) is 0.371. The molecule has 1 heterocycles. The molecule has 5 heteroatoms. The van der Waals surface area contributed by atoms with Gasteiger partial charge in [0.2, 0.25) is 10.0 Å². The molecule has 0 spiro atoms. The number of benzene rings is 1. The van der Waals surface area contributed by atoms with Crippen molar-refractivity contribution in [2.45, 2.75) is 44.4 Å². The van der Waals surface area contributed by atoms with Crippen LogP contribution in [0.2, 0.25) is 0 Å². The van der Waals surface area contributed by atoms with Crippen molar-refractivity contribution >= 4 is 10.0 Å². The maximum atomic E-state index is 12.8. The van der Waals surface area contributed by atoms with Crippen LogP contribution in [0, 0.1) is 6.92 Å². The van der Waals surface area contributed by atoms with E-state index in [2.05, 4.69) is 0 Å². The summed E-state index contributed by atoms with van der Waals surface area (Å²) < 4.78 is 32.6. The molecule has 0 unspecified atom stereocenters. The maximum Gasteiger partial charge on any atom is 0.243 e. The number of hydrogen-bond donors (Lipinski definition) is 0. The lowest BCUT2D eigenvalue weighted by atomic mass is 10.1. The molecule has 120 valence electrons. The van der Waals surface area contributed by atoms with Crippen LogP contribution in [0.15, 0.2) is 34.2 Å². The lowest BCUT2D eigenvalue weighted by Crippen LogP contribution is -2.36. The second-order valence-electron chi connectivity index (χ2n) is 5.97. The molecule has 1 aliphatic carbocycles. The summed E-state index contributed by atoms with van der Waals surface area (Å²) in [5, 5.41) is 0. The number of aryl methyl sites for hydroxylation is 1. The molecule has 0 aromatic heterocycles. The van der Waals surface area contributed by atoms with Gasteiger partial charge in [-0.1, -0.05) is 11.1 Å². The topological polar surface area (TPSA) is 46.6 Å². The Hall–Kier alpha value is -1.33. The summed E-state index contributed by atoms with van der Waals surface area (Å²) >= 11 is 0. The Morgan fingerprint density at radius 3 is 2.27 bits per heavy atom. The van der Waals surface area contributed by atoms with Gasteiger partial charge in [-0.05, 0) is 63.3 Å². The number of nitrogens with zero attached hydrogens (tertiary/aromatic N) is 1. The predicted molar refractivity (Wildman–Crippen MR) is 86.6 cm³/mol. The molecule has 2 aliphatic rings. The van der Waals surface area contributed by atoms with Crippen molar-refractivity contribution in [2.24, 2.45) is 0 Å². The molecule has 1 aromatic carbocycles. The first-order valence-electron chi connectivity index (χ1n) is 7.95. The van der Waals surface area contributed by atoms with Crippen LogP contribution in [-0.4, -0.2) is 32.4 Å². The van der Waals surface area contributed by atoms with Gasteiger partial charge in [0.15, 0.2) is 0 Å². The average molecular weight is 321 g/mol. The molecule has 0 N–H and O–H groups in total. The van der Waals surface area contributed by atoms with Gasteiger partial charge in [0.25, 0.3) is 0 Å². The summed E-state index contributed by atoms with van der Waals surface area (Å²) in [6, 6.07) is 5.13. The van der Waals surface area contributed by atoms with Crippen LogP contribution in [-0.2, 0) is 10.0 Å². The normalized spacial score (nSPS) is 19.4. The lowest BCUT2D eigenvalue weighted by Gasteiger charge is -2.28. The molecule has 22 heavy (non-hydrogen) atoms. The number of rotatable bonds is 4. The summed E-state index contributed by atoms with van der Waals surface area (Å²) in [5.41, 5.74) is 3.92. The van der Waals surface area contributed by atoms with Crippen LogP contribution in [0.25, 0.3) is 0 Å². The van der Waals surface area contributed by atoms with Crippen LogP contribution in [0.4, 0.5) is 0 Å². The van der Waals surface area contributed by atoms with Gasteiger partial charge in [0, 0.05) is 13.1 Å². The van der Waals surface area contributed by atoms with Crippen LogP contribution in [0.3, 0.4) is 0 Å². The lowest BCUT2D eigenvalue weighted by molar-refractivity contribution is 0.337. The molecule has 1 saturated heterocycles. The SMILES string of the molecule is CCOc1ccc(S(=O)(=O)N2CCC(=C3CC3)CC2)cc1C. The third kappa shape index (κ3) is 3.06. The standard InChI is InChI=1S/C17H23NO3S/c1-3-21-17-7-6-16(12-13(17)2)22(19,20)18-10-8-15(9-11-18)14-4-5-14/h6-7,12H,3-5,8-11H2,1-2H3. The van der Waals surface area contributed by atoms with E-state index in [1.165, 1.54) is 18.4 Å². The number of hydrogen-bond acceptors (Lipinski definition) is 3. The van der Waals surface area contributed by atoms with E-state index in [0.717, 1.165) is 24.2 Å². The van der Waals surface area contributed by atoms with Gasteiger partial charge in [0.05, 0.1) is 11.5 Å². The van der Waals surface area contributed by atoms with Crippen LogP contribution in [0.1, 0.15) is 38.2 Å². The average Bonchev–Trinajstić information content (AvgIpc) is 3.34.